The van der Waals surface area contributed by atoms with Crippen LogP contribution in [-0.2, 0) is 6.54 Å². The molecular weight excluding hydrogens is 222 g/mol. The summed E-state index contributed by atoms with van der Waals surface area (Å²) in [5, 5.41) is 0. The van der Waals surface area contributed by atoms with E-state index in [1.807, 2.05) is 18.5 Å². The molecule has 0 bridgehead atoms. The lowest BCUT2D eigenvalue weighted by molar-refractivity contribution is 0.0765. The first kappa shape index (κ1) is 15.1. The Labute approximate surface area is 111 Å². The van der Waals surface area contributed by atoms with E-state index in [1.54, 1.807) is 0 Å². The van der Waals surface area contributed by atoms with Gasteiger partial charge in [0.15, 0.2) is 0 Å². The third-order valence-corrected chi connectivity index (χ3v) is 3.96. The van der Waals surface area contributed by atoms with Gasteiger partial charge in [0.2, 0.25) is 0 Å². The zero-order valence-electron chi connectivity index (χ0n) is 12.0. The molecule has 1 heterocycles. The van der Waals surface area contributed by atoms with Crippen LogP contribution in [0, 0.1) is 0 Å². The summed E-state index contributed by atoms with van der Waals surface area (Å²) in [6, 6.07) is 4.14. The molecule has 0 saturated carbocycles. The average molecular weight is 249 g/mol. The van der Waals surface area contributed by atoms with Gasteiger partial charge in [0.25, 0.3) is 0 Å². The molecule has 1 aromatic rings. The summed E-state index contributed by atoms with van der Waals surface area (Å²) in [5.74, 6) is 0. The molecular formula is C15H27N3. The highest BCUT2D eigenvalue weighted by Crippen LogP contribution is 2.25. The lowest BCUT2D eigenvalue weighted by Gasteiger charge is -2.42. The minimum Gasteiger partial charge on any atom is -0.329 e. The Bertz CT molecular complexity index is 312. The van der Waals surface area contributed by atoms with Crippen LogP contribution in [-0.4, -0.2) is 28.5 Å². The molecule has 0 amide bonds. The van der Waals surface area contributed by atoms with Crippen molar-refractivity contribution < 1.29 is 0 Å². The Hall–Kier alpha value is -0.930. The van der Waals surface area contributed by atoms with Crippen LogP contribution >= 0.6 is 0 Å². The van der Waals surface area contributed by atoms with E-state index in [-0.39, 0.29) is 5.54 Å². The molecule has 102 valence electrons. The smallest absolute Gasteiger partial charge is 0.0330 e. The van der Waals surface area contributed by atoms with Crippen molar-refractivity contribution in [3.63, 3.8) is 0 Å². The second-order valence-corrected chi connectivity index (χ2v) is 4.92. The summed E-state index contributed by atoms with van der Waals surface area (Å²) in [5.41, 5.74) is 7.46. The van der Waals surface area contributed by atoms with Gasteiger partial charge in [0.1, 0.15) is 0 Å². The molecule has 0 aromatic carbocycles. The molecule has 3 nitrogen and oxygen atoms in total. The van der Waals surface area contributed by atoms with Crippen molar-refractivity contribution in [2.75, 3.05) is 13.1 Å². The van der Waals surface area contributed by atoms with E-state index >= 15 is 0 Å². The molecule has 2 N–H and O–H groups in total. The fraction of sp³-hybridized carbons (Fsp3) is 0.667. The number of hydrogen-bond acceptors (Lipinski definition) is 3. The second-order valence-electron chi connectivity index (χ2n) is 4.92. The predicted octanol–water partition coefficient (Wildman–Crippen LogP) is 2.81. The van der Waals surface area contributed by atoms with Crippen molar-refractivity contribution in [3.05, 3.63) is 30.1 Å². The summed E-state index contributed by atoms with van der Waals surface area (Å²) in [6.45, 7) is 9.46. The summed E-state index contributed by atoms with van der Waals surface area (Å²) in [6.07, 6.45) is 7.13. The lowest BCUT2D eigenvalue weighted by Crippen LogP contribution is -2.53. The first-order valence-corrected chi connectivity index (χ1v) is 7.06. The maximum Gasteiger partial charge on any atom is 0.0330 e. The molecule has 1 aromatic heterocycles. The molecule has 0 aliphatic heterocycles. The van der Waals surface area contributed by atoms with Gasteiger partial charge in [-0.3, -0.25) is 9.88 Å². The van der Waals surface area contributed by atoms with Gasteiger partial charge in [0.05, 0.1) is 0 Å². The Kier molecular flexibility index (Phi) is 6.30. The fourth-order valence-corrected chi connectivity index (χ4v) is 2.58. The van der Waals surface area contributed by atoms with Crippen LogP contribution < -0.4 is 5.73 Å². The van der Waals surface area contributed by atoms with Crippen LogP contribution in [0.15, 0.2) is 24.5 Å². The summed E-state index contributed by atoms with van der Waals surface area (Å²) < 4.78 is 0. The monoisotopic (exact) mass is 249 g/mol. The van der Waals surface area contributed by atoms with E-state index in [0.29, 0.717) is 0 Å². The van der Waals surface area contributed by atoms with Crippen molar-refractivity contribution in [2.45, 2.75) is 52.1 Å². The molecule has 18 heavy (non-hydrogen) atoms. The molecule has 0 atom stereocenters. The van der Waals surface area contributed by atoms with E-state index < -0.39 is 0 Å². The van der Waals surface area contributed by atoms with Crippen molar-refractivity contribution in [1.82, 2.24) is 9.88 Å². The van der Waals surface area contributed by atoms with Gasteiger partial charge in [-0.05, 0) is 37.4 Å². The van der Waals surface area contributed by atoms with E-state index in [9.17, 15) is 0 Å². The van der Waals surface area contributed by atoms with E-state index in [2.05, 4.69) is 36.7 Å². The van der Waals surface area contributed by atoms with Gasteiger partial charge in [-0.15, -0.1) is 0 Å². The zero-order valence-corrected chi connectivity index (χ0v) is 12.0. The number of pyridine rings is 1. The average Bonchev–Trinajstić information content (AvgIpc) is 2.43. The van der Waals surface area contributed by atoms with Gasteiger partial charge in [0, 0.05) is 31.0 Å². The molecule has 0 aliphatic rings. The number of hydrogen-bond donors (Lipinski definition) is 1. The Balaban J connectivity index is 2.87. The predicted molar refractivity (Wildman–Crippen MR) is 77.3 cm³/mol. The van der Waals surface area contributed by atoms with Crippen molar-refractivity contribution in [3.8, 4) is 0 Å². The Morgan fingerprint density at radius 2 is 2.00 bits per heavy atom. The molecule has 0 aliphatic carbocycles. The van der Waals surface area contributed by atoms with Crippen molar-refractivity contribution in [1.29, 1.82) is 0 Å². The Morgan fingerprint density at radius 1 is 1.28 bits per heavy atom. The van der Waals surface area contributed by atoms with Crippen molar-refractivity contribution >= 4 is 0 Å². The number of aromatic nitrogens is 1. The summed E-state index contributed by atoms with van der Waals surface area (Å²) in [7, 11) is 0. The van der Waals surface area contributed by atoms with Gasteiger partial charge in [-0.2, -0.15) is 0 Å². The maximum absolute atomic E-state index is 6.06. The molecule has 0 saturated heterocycles. The third kappa shape index (κ3) is 3.53. The summed E-state index contributed by atoms with van der Waals surface area (Å²) >= 11 is 0. The fourth-order valence-electron chi connectivity index (χ4n) is 2.58. The molecule has 0 radical (unpaired) electrons. The Morgan fingerprint density at radius 3 is 2.44 bits per heavy atom. The lowest BCUT2D eigenvalue weighted by atomic mass is 9.90. The van der Waals surface area contributed by atoms with Gasteiger partial charge < -0.3 is 5.73 Å². The van der Waals surface area contributed by atoms with Crippen LogP contribution in [0.4, 0.5) is 0 Å². The first-order valence-electron chi connectivity index (χ1n) is 7.06. The second kappa shape index (κ2) is 7.49. The minimum atomic E-state index is 0.131. The van der Waals surface area contributed by atoms with Crippen LogP contribution in [0.2, 0.25) is 0 Å². The van der Waals surface area contributed by atoms with Crippen molar-refractivity contribution in [2.24, 2.45) is 5.73 Å². The quantitative estimate of drug-likeness (QED) is 0.770. The van der Waals surface area contributed by atoms with Gasteiger partial charge >= 0.3 is 0 Å². The van der Waals surface area contributed by atoms with Gasteiger partial charge in [-0.1, -0.05) is 26.8 Å². The largest absolute Gasteiger partial charge is 0.329 e. The van der Waals surface area contributed by atoms with Crippen LogP contribution in [0.1, 0.15) is 45.6 Å². The minimum absolute atomic E-state index is 0.131. The topological polar surface area (TPSA) is 42.2 Å². The molecule has 0 spiro atoms. The highest BCUT2D eigenvalue weighted by Gasteiger charge is 2.31. The van der Waals surface area contributed by atoms with E-state index in [0.717, 1.165) is 38.9 Å². The highest BCUT2D eigenvalue weighted by molar-refractivity contribution is 5.09. The van der Waals surface area contributed by atoms with Crippen LogP contribution in [0.3, 0.4) is 0 Å². The normalized spacial score (nSPS) is 12.1. The highest BCUT2D eigenvalue weighted by atomic mass is 15.2. The molecule has 0 fully saturated rings. The number of nitrogens with zero attached hydrogens (tertiary/aromatic N) is 2. The summed E-state index contributed by atoms with van der Waals surface area (Å²) in [4.78, 5) is 6.73. The van der Waals surface area contributed by atoms with E-state index in [4.69, 9.17) is 5.73 Å². The third-order valence-electron chi connectivity index (χ3n) is 3.96. The number of nitrogens with two attached hydrogens (primary N) is 1. The SMILES string of the molecule is CCCN(Cc1cccnc1)C(CC)(CC)CN. The first-order chi connectivity index (χ1) is 8.72. The molecule has 0 unspecified atom stereocenters. The maximum atomic E-state index is 6.06. The zero-order chi connectivity index (χ0) is 13.4. The van der Waals surface area contributed by atoms with Gasteiger partial charge in [-0.25, -0.2) is 0 Å². The van der Waals surface area contributed by atoms with E-state index in [1.165, 1.54) is 5.56 Å². The number of rotatable bonds is 8. The van der Waals surface area contributed by atoms with Crippen LogP contribution in [0.25, 0.3) is 0 Å². The standard InChI is InChI=1S/C15H27N3/c1-4-10-18(15(5-2,6-3)13-16)12-14-8-7-9-17-11-14/h7-9,11H,4-6,10,12-13,16H2,1-3H3. The van der Waals surface area contributed by atoms with Crippen LogP contribution in [0.5, 0.6) is 0 Å². The molecule has 3 heteroatoms. The molecule has 1 rings (SSSR count).